The van der Waals surface area contributed by atoms with E-state index in [1.165, 1.54) is 11.1 Å². The molecule has 1 amide bonds. The number of rotatable bonds is 5. The zero-order valence-electron chi connectivity index (χ0n) is 11.6. The third kappa shape index (κ3) is 4.67. The van der Waals surface area contributed by atoms with E-state index >= 15 is 0 Å². The lowest BCUT2D eigenvalue weighted by molar-refractivity contribution is -0.131. The molecule has 0 radical (unpaired) electrons. The quantitative estimate of drug-likeness (QED) is 0.892. The first-order valence-electron chi connectivity index (χ1n) is 6.03. The van der Waals surface area contributed by atoms with E-state index < -0.39 is 0 Å². The molecule has 0 heterocycles. The summed E-state index contributed by atoms with van der Waals surface area (Å²) in [4.78, 5) is 13.7. The number of carbonyl (C=O) groups excluding carboxylic acids is 1. The van der Waals surface area contributed by atoms with E-state index in [1.54, 1.807) is 0 Å². The predicted octanol–water partition coefficient (Wildman–Crippen LogP) is 2.55. The number of carbonyl (C=O) groups is 1. The third-order valence-electron chi connectivity index (χ3n) is 3.12. The van der Waals surface area contributed by atoms with Crippen LogP contribution in [0.5, 0.6) is 0 Å². The number of nitrogens with zero attached hydrogens (tertiary/aromatic N) is 1. The van der Waals surface area contributed by atoms with Gasteiger partial charge in [0.1, 0.15) is 0 Å². The summed E-state index contributed by atoms with van der Waals surface area (Å²) in [5.74, 6) is 0.174. The van der Waals surface area contributed by atoms with Gasteiger partial charge in [0.25, 0.3) is 0 Å². The molecule has 18 heavy (non-hydrogen) atoms. The first-order valence-corrected chi connectivity index (χ1v) is 6.03. The molecule has 0 fully saturated rings. The van der Waals surface area contributed by atoms with Crippen LogP contribution in [0.4, 0.5) is 0 Å². The zero-order valence-corrected chi connectivity index (χ0v) is 12.4. The Balaban J connectivity index is 0.00000289. The SMILES string of the molecule is CNCCC(=O)N(C)C(C)c1ccc(C)cc1.Cl. The molecule has 0 aliphatic heterocycles. The van der Waals surface area contributed by atoms with Gasteiger partial charge >= 0.3 is 0 Å². The lowest BCUT2D eigenvalue weighted by Gasteiger charge is -2.25. The van der Waals surface area contributed by atoms with E-state index in [9.17, 15) is 4.79 Å². The van der Waals surface area contributed by atoms with Crippen LogP contribution in [0.15, 0.2) is 24.3 Å². The molecule has 3 nitrogen and oxygen atoms in total. The molecule has 0 spiro atoms. The normalized spacial score (nSPS) is 11.6. The third-order valence-corrected chi connectivity index (χ3v) is 3.12. The lowest BCUT2D eigenvalue weighted by atomic mass is 10.1. The van der Waals surface area contributed by atoms with Crippen molar-refractivity contribution in [1.29, 1.82) is 0 Å². The van der Waals surface area contributed by atoms with Gasteiger partial charge in [0.2, 0.25) is 5.91 Å². The van der Waals surface area contributed by atoms with Gasteiger partial charge in [0, 0.05) is 20.0 Å². The van der Waals surface area contributed by atoms with Gasteiger partial charge in [0.15, 0.2) is 0 Å². The van der Waals surface area contributed by atoms with Crippen molar-refractivity contribution in [2.24, 2.45) is 0 Å². The minimum absolute atomic E-state index is 0. The van der Waals surface area contributed by atoms with Gasteiger partial charge in [-0.25, -0.2) is 0 Å². The minimum Gasteiger partial charge on any atom is -0.339 e. The Hall–Kier alpha value is -1.06. The van der Waals surface area contributed by atoms with Crippen LogP contribution < -0.4 is 5.32 Å². The average molecular weight is 271 g/mol. The van der Waals surface area contributed by atoms with Crippen LogP contribution in [-0.2, 0) is 4.79 Å². The average Bonchev–Trinajstić information content (AvgIpc) is 2.35. The van der Waals surface area contributed by atoms with Crippen molar-refractivity contribution in [3.8, 4) is 0 Å². The summed E-state index contributed by atoms with van der Waals surface area (Å²) in [6.07, 6.45) is 0.545. The van der Waals surface area contributed by atoms with Gasteiger partial charge in [-0.3, -0.25) is 4.79 Å². The Morgan fingerprint density at radius 3 is 2.39 bits per heavy atom. The highest BCUT2D eigenvalue weighted by Gasteiger charge is 2.16. The van der Waals surface area contributed by atoms with Crippen LogP contribution in [0.25, 0.3) is 0 Å². The summed E-state index contributed by atoms with van der Waals surface area (Å²) in [5.41, 5.74) is 2.42. The second-order valence-corrected chi connectivity index (χ2v) is 4.44. The number of aryl methyl sites for hydroxylation is 1. The van der Waals surface area contributed by atoms with Crippen molar-refractivity contribution >= 4 is 18.3 Å². The topological polar surface area (TPSA) is 32.3 Å². The fraction of sp³-hybridized carbons (Fsp3) is 0.500. The highest BCUT2D eigenvalue weighted by molar-refractivity contribution is 5.85. The fourth-order valence-corrected chi connectivity index (χ4v) is 1.69. The Morgan fingerprint density at radius 2 is 1.89 bits per heavy atom. The summed E-state index contributed by atoms with van der Waals surface area (Å²) < 4.78 is 0. The van der Waals surface area contributed by atoms with Crippen LogP contribution in [0.2, 0.25) is 0 Å². The molecular formula is C14H23ClN2O. The second kappa shape index (κ2) is 8.11. The van der Waals surface area contributed by atoms with Crippen molar-refractivity contribution in [2.75, 3.05) is 20.6 Å². The van der Waals surface area contributed by atoms with E-state index in [4.69, 9.17) is 0 Å². The maximum absolute atomic E-state index is 11.9. The molecule has 0 saturated heterocycles. The number of benzene rings is 1. The van der Waals surface area contributed by atoms with Crippen LogP contribution >= 0.6 is 12.4 Å². The minimum atomic E-state index is 0. The Labute approximate surface area is 116 Å². The molecule has 0 bridgehead atoms. The molecule has 1 rings (SSSR count). The van der Waals surface area contributed by atoms with Gasteiger partial charge in [0.05, 0.1) is 6.04 Å². The van der Waals surface area contributed by atoms with E-state index in [0.29, 0.717) is 6.42 Å². The molecule has 1 unspecified atom stereocenters. The summed E-state index contributed by atoms with van der Waals surface area (Å²) >= 11 is 0. The smallest absolute Gasteiger partial charge is 0.224 e. The summed E-state index contributed by atoms with van der Waals surface area (Å²) in [5, 5.41) is 2.99. The number of halogens is 1. The lowest BCUT2D eigenvalue weighted by Crippen LogP contribution is -2.31. The molecule has 0 saturated carbocycles. The van der Waals surface area contributed by atoms with Crippen LogP contribution in [-0.4, -0.2) is 31.4 Å². The highest BCUT2D eigenvalue weighted by atomic mass is 35.5. The molecule has 1 N–H and O–H groups in total. The standard InChI is InChI=1S/C14H22N2O.ClH/c1-11-5-7-13(8-6-11)12(2)16(4)14(17)9-10-15-3;/h5-8,12,15H,9-10H2,1-4H3;1H. The highest BCUT2D eigenvalue weighted by Crippen LogP contribution is 2.19. The molecule has 1 aromatic carbocycles. The van der Waals surface area contributed by atoms with Crippen molar-refractivity contribution < 1.29 is 4.79 Å². The van der Waals surface area contributed by atoms with Gasteiger partial charge in [-0.15, -0.1) is 12.4 Å². The van der Waals surface area contributed by atoms with Crippen molar-refractivity contribution in [2.45, 2.75) is 26.3 Å². The maximum atomic E-state index is 11.9. The molecular weight excluding hydrogens is 248 g/mol. The van der Waals surface area contributed by atoms with E-state index in [2.05, 4.69) is 43.4 Å². The second-order valence-electron chi connectivity index (χ2n) is 4.44. The largest absolute Gasteiger partial charge is 0.339 e. The number of amides is 1. The van der Waals surface area contributed by atoms with Crippen LogP contribution in [0.3, 0.4) is 0 Å². The predicted molar refractivity (Wildman–Crippen MR) is 78.2 cm³/mol. The van der Waals surface area contributed by atoms with Gasteiger partial charge in [-0.05, 0) is 26.5 Å². The monoisotopic (exact) mass is 270 g/mol. The molecule has 1 atom stereocenters. The number of hydrogen-bond acceptors (Lipinski definition) is 2. The maximum Gasteiger partial charge on any atom is 0.224 e. The van der Waals surface area contributed by atoms with Crippen LogP contribution in [0, 0.1) is 6.92 Å². The molecule has 102 valence electrons. The van der Waals surface area contributed by atoms with Crippen LogP contribution in [0.1, 0.15) is 30.5 Å². The Bertz CT molecular complexity index is 365. The summed E-state index contributed by atoms with van der Waals surface area (Å²) in [6.45, 7) is 4.85. The van der Waals surface area contributed by atoms with Crippen molar-refractivity contribution in [1.82, 2.24) is 10.2 Å². The zero-order chi connectivity index (χ0) is 12.8. The van der Waals surface area contributed by atoms with Crippen molar-refractivity contribution in [3.63, 3.8) is 0 Å². The fourth-order valence-electron chi connectivity index (χ4n) is 1.69. The molecule has 4 heteroatoms. The number of nitrogens with one attached hydrogen (secondary N) is 1. The molecule has 0 aliphatic carbocycles. The molecule has 0 aliphatic rings. The Kier molecular flexibility index (Phi) is 7.64. The summed E-state index contributed by atoms with van der Waals surface area (Å²) in [6, 6.07) is 8.46. The first-order chi connectivity index (χ1) is 8.06. The van der Waals surface area contributed by atoms with Gasteiger partial charge < -0.3 is 10.2 Å². The van der Waals surface area contributed by atoms with E-state index in [1.807, 2.05) is 19.0 Å². The Morgan fingerprint density at radius 1 is 1.33 bits per heavy atom. The molecule has 0 aromatic heterocycles. The molecule has 1 aromatic rings. The van der Waals surface area contributed by atoms with Gasteiger partial charge in [-0.1, -0.05) is 29.8 Å². The first kappa shape index (κ1) is 16.9. The number of hydrogen-bond donors (Lipinski definition) is 1. The van der Waals surface area contributed by atoms with Gasteiger partial charge in [-0.2, -0.15) is 0 Å². The van der Waals surface area contributed by atoms with E-state index in [-0.39, 0.29) is 24.4 Å². The summed E-state index contributed by atoms with van der Waals surface area (Å²) in [7, 11) is 3.72. The van der Waals surface area contributed by atoms with E-state index in [0.717, 1.165) is 6.54 Å². The van der Waals surface area contributed by atoms with Crippen molar-refractivity contribution in [3.05, 3.63) is 35.4 Å².